The summed E-state index contributed by atoms with van der Waals surface area (Å²) in [5.41, 5.74) is 2.68. The summed E-state index contributed by atoms with van der Waals surface area (Å²) in [4.78, 5) is 0. The second-order valence-corrected chi connectivity index (χ2v) is 6.38. The number of thioether (sulfide) groups is 1. The first-order chi connectivity index (χ1) is 8.84. The first kappa shape index (κ1) is 12.5. The average Bonchev–Trinajstić information content (AvgIpc) is 2.93. The van der Waals surface area contributed by atoms with E-state index in [1.165, 1.54) is 16.9 Å². The molecule has 1 saturated heterocycles. The van der Waals surface area contributed by atoms with Crippen molar-refractivity contribution in [3.8, 4) is 0 Å². The Hall–Kier alpha value is -0.510. The lowest BCUT2D eigenvalue weighted by molar-refractivity contribution is -0.00828. The summed E-state index contributed by atoms with van der Waals surface area (Å²) >= 11 is 1.96. The van der Waals surface area contributed by atoms with E-state index in [0.29, 0.717) is 5.92 Å². The molecule has 2 heterocycles. The molecule has 2 aliphatic rings. The van der Waals surface area contributed by atoms with Crippen LogP contribution in [0, 0.1) is 5.92 Å². The van der Waals surface area contributed by atoms with Crippen molar-refractivity contribution in [2.24, 2.45) is 5.92 Å². The Balaban J connectivity index is 1.70. The summed E-state index contributed by atoms with van der Waals surface area (Å²) in [6.07, 6.45) is 2.79. The number of aliphatic hydroxyl groups excluding tert-OH is 1. The maximum absolute atomic E-state index is 10.3. The summed E-state index contributed by atoms with van der Waals surface area (Å²) in [6.45, 7) is 0.786. The largest absolute Gasteiger partial charge is 0.393 e. The quantitative estimate of drug-likeness (QED) is 0.910. The van der Waals surface area contributed by atoms with Crippen LogP contribution in [0.1, 0.15) is 30.1 Å². The topological polar surface area (TPSA) is 29.5 Å². The number of rotatable bonds is 3. The van der Waals surface area contributed by atoms with Crippen LogP contribution in [-0.2, 0) is 11.2 Å². The van der Waals surface area contributed by atoms with E-state index in [1.807, 2.05) is 11.8 Å². The van der Waals surface area contributed by atoms with E-state index in [-0.39, 0.29) is 12.2 Å². The second-order valence-electron chi connectivity index (χ2n) is 5.23. The van der Waals surface area contributed by atoms with Crippen molar-refractivity contribution in [1.82, 2.24) is 0 Å². The van der Waals surface area contributed by atoms with E-state index >= 15 is 0 Å². The zero-order valence-corrected chi connectivity index (χ0v) is 11.4. The molecule has 1 aromatic carbocycles. The molecule has 0 radical (unpaired) electrons. The second kappa shape index (κ2) is 5.64. The zero-order valence-electron chi connectivity index (χ0n) is 10.5. The van der Waals surface area contributed by atoms with Gasteiger partial charge >= 0.3 is 0 Å². The van der Waals surface area contributed by atoms with Crippen LogP contribution in [0.15, 0.2) is 24.3 Å². The van der Waals surface area contributed by atoms with Crippen molar-refractivity contribution in [3.05, 3.63) is 35.4 Å². The van der Waals surface area contributed by atoms with Crippen molar-refractivity contribution in [1.29, 1.82) is 0 Å². The molecule has 3 heteroatoms. The number of hydrogen-bond acceptors (Lipinski definition) is 3. The minimum Gasteiger partial charge on any atom is -0.393 e. The van der Waals surface area contributed by atoms with Gasteiger partial charge in [-0.3, -0.25) is 0 Å². The number of benzene rings is 1. The Bertz CT molecular complexity index is 401. The fourth-order valence-electron chi connectivity index (χ4n) is 2.94. The summed E-state index contributed by atoms with van der Waals surface area (Å²) < 4.78 is 5.87. The van der Waals surface area contributed by atoms with Crippen LogP contribution < -0.4 is 0 Å². The molecule has 0 bridgehead atoms. The van der Waals surface area contributed by atoms with Crippen molar-refractivity contribution in [2.45, 2.75) is 31.5 Å². The molecule has 0 amide bonds. The molecule has 0 aliphatic carbocycles. The third kappa shape index (κ3) is 2.58. The van der Waals surface area contributed by atoms with Crippen LogP contribution in [0.2, 0.25) is 0 Å². The van der Waals surface area contributed by atoms with E-state index in [4.69, 9.17) is 4.74 Å². The van der Waals surface area contributed by atoms with Crippen molar-refractivity contribution < 1.29 is 9.84 Å². The highest BCUT2D eigenvalue weighted by Crippen LogP contribution is 2.34. The van der Waals surface area contributed by atoms with Gasteiger partial charge in [-0.25, -0.2) is 0 Å². The van der Waals surface area contributed by atoms with Crippen molar-refractivity contribution in [3.63, 3.8) is 0 Å². The van der Waals surface area contributed by atoms with Crippen LogP contribution in [0.25, 0.3) is 0 Å². The number of ether oxygens (including phenoxy) is 1. The van der Waals surface area contributed by atoms with E-state index < -0.39 is 0 Å². The van der Waals surface area contributed by atoms with Gasteiger partial charge < -0.3 is 9.84 Å². The van der Waals surface area contributed by atoms with Gasteiger partial charge in [0.2, 0.25) is 0 Å². The molecule has 98 valence electrons. The molecule has 2 aliphatic heterocycles. The van der Waals surface area contributed by atoms with Gasteiger partial charge in [0.05, 0.1) is 18.8 Å². The third-order valence-corrected chi connectivity index (χ3v) is 5.25. The summed E-state index contributed by atoms with van der Waals surface area (Å²) in [5, 5.41) is 10.3. The first-order valence-electron chi connectivity index (χ1n) is 6.80. The van der Waals surface area contributed by atoms with Gasteiger partial charge in [0, 0.05) is 6.42 Å². The standard InChI is InChI=1S/C15H20O2S/c16-14(12-6-8-18-10-12)9-15-13-4-2-1-3-11(13)5-7-17-15/h1-4,12,14-16H,5-10H2. The van der Waals surface area contributed by atoms with Crippen LogP contribution in [0.4, 0.5) is 0 Å². The van der Waals surface area contributed by atoms with Gasteiger partial charge in [-0.15, -0.1) is 0 Å². The summed E-state index contributed by atoms with van der Waals surface area (Å²) in [6, 6.07) is 8.49. The van der Waals surface area contributed by atoms with Crippen LogP contribution in [0.3, 0.4) is 0 Å². The molecular weight excluding hydrogens is 244 g/mol. The zero-order chi connectivity index (χ0) is 12.4. The Labute approximate surface area is 113 Å². The third-order valence-electron chi connectivity index (χ3n) is 4.06. The normalized spacial score (nSPS) is 28.9. The Morgan fingerprint density at radius 3 is 3.11 bits per heavy atom. The lowest BCUT2D eigenvalue weighted by atomic mass is 9.90. The van der Waals surface area contributed by atoms with Crippen LogP contribution in [0.5, 0.6) is 0 Å². The fourth-order valence-corrected chi connectivity index (χ4v) is 4.27. The smallest absolute Gasteiger partial charge is 0.0852 e. The SMILES string of the molecule is OC(CC1OCCc2ccccc21)C1CCSC1. The Morgan fingerprint density at radius 1 is 1.39 bits per heavy atom. The molecule has 0 spiro atoms. The van der Waals surface area contributed by atoms with Gasteiger partial charge in [0.1, 0.15) is 0 Å². The highest BCUT2D eigenvalue weighted by molar-refractivity contribution is 7.99. The minimum atomic E-state index is -0.212. The maximum atomic E-state index is 10.3. The molecule has 1 aromatic rings. The van der Waals surface area contributed by atoms with Crippen molar-refractivity contribution in [2.75, 3.05) is 18.1 Å². The fraction of sp³-hybridized carbons (Fsp3) is 0.600. The molecule has 2 nitrogen and oxygen atoms in total. The maximum Gasteiger partial charge on any atom is 0.0852 e. The monoisotopic (exact) mass is 264 g/mol. The summed E-state index contributed by atoms with van der Waals surface area (Å²) in [7, 11) is 0. The Kier molecular flexibility index (Phi) is 3.92. The molecular formula is C15H20O2S. The molecule has 18 heavy (non-hydrogen) atoms. The number of fused-ring (bicyclic) bond motifs is 1. The van der Waals surface area contributed by atoms with Gasteiger partial charge in [0.15, 0.2) is 0 Å². The van der Waals surface area contributed by atoms with Gasteiger partial charge in [-0.05, 0) is 41.4 Å². The van der Waals surface area contributed by atoms with Crippen LogP contribution >= 0.6 is 11.8 Å². The van der Waals surface area contributed by atoms with Gasteiger partial charge in [0.25, 0.3) is 0 Å². The molecule has 0 saturated carbocycles. The highest BCUT2D eigenvalue weighted by atomic mass is 32.2. The summed E-state index contributed by atoms with van der Waals surface area (Å²) in [5.74, 6) is 2.77. The predicted molar refractivity (Wildman–Crippen MR) is 74.9 cm³/mol. The number of hydrogen-bond donors (Lipinski definition) is 1. The average molecular weight is 264 g/mol. The van der Waals surface area contributed by atoms with E-state index in [1.54, 1.807) is 0 Å². The van der Waals surface area contributed by atoms with E-state index in [0.717, 1.165) is 31.6 Å². The van der Waals surface area contributed by atoms with Gasteiger partial charge in [-0.2, -0.15) is 11.8 Å². The Morgan fingerprint density at radius 2 is 2.28 bits per heavy atom. The van der Waals surface area contributed by atoms with Crippen LogP contribution in [-0.4, -0.2) is 29.3 Å². The highest BCUT2D eigenvalue weighted by Gasteiger charge is 2.29. The lowest BCUT2D eigenvalue weighted by Gasteiger charge is -2.29. The molecule has 3 rings (SSSR count). The van der Waals surface area contributed by atoms with Crippen molar-refractivity contribution >= 4 is 11.8 Å². The van der Waals surface area contributed by atoms with E-state index in [2.05, 4.69) is 24.3 Å². The lowest BCUT2D eigenvalue weighted by Crippen LogP contribution is -2.26. The molecule has 3 atom stereocenters. The molecule has 1 N–H and O–H groups in total. The minimum absolute atomic E-state index is 0.0931. The molecule has 3 unspecified atom stereocenters. The molecule has 1 fully saturated rings. The van der Waals surface area contributed by atoms with Gasteiger partial charge in [-0.1, -0.05) is 24.3 Å². The first-order valence-corrected chi connectivity index (χ1v) is 7.95. The predicted octanol–water partition coefficient (Wildman–Crippen LogP) is 2.80. The number of aliphatic hydroxyl groups is 1. The van der Waals surface area contributed by atoms with E-state index in [9.17, 15) is 5.11 Å². The molecule has 0 aromatic heterocycles.